The first-order chi connectivity index (χ1) is 9.18. The fourth-order valence-corrected chi connectivity index (χ4v) is 2.12. The standard InChI is InChI=1S/C14H12ClF3N2/c1-7-4-9(3)10(5-8(7)2)11-6-12(14(16,17)18)20-13(15)19-11/h4-6H,1-3H3. The Kier molecular flexibility index (Phi) is 3.73. The van der Waals surface area contributed by atoms with Crippen molar-refractivity contribution in [2.24, 2.45) is 0 Å². The first kappa shape index (κ1) is 14.8. The highest BCUT2D eigenvalue weighted by molar-refractivity contribution is 6.28. The quantitative estimate of drug-likeness (QED) is 0.711. The van der Waals surface area contributed by atoms with Gasteiger partial charge in [0.2, 0.25) is 5.28 Å². The molecule has 0 unspecified atom stereocenters. The van der Waals surface area contributed by atoms with E-state index in [0.29, 0.717) is 5.56 Å². The van der Waals surface area contributed by atoms with Crippen LogP contribution in [0.1, 0.15) is 22.4 Å². The van der Waals surface area contributed by atoms with Gasteiger partial charge in [0.05, 0.1) is 5.69 Å². The van der Waals surface area contributed by atoms with Crippen LogP contribution in [-0.4, -0.2) is 9.97 Å². The number of rotatable bonds is 1. The molecule has 1 heterocycles. The molecule has 0 radical (unpaired) electrons. The molecule has 0 amide bonds. The van der Waals surface area contributed by atoms with Gasteiger partial charge in [-0.2, -0.15) is 13.2 Å². The zero-order valence-corrected chi connectivity index (χ0v) is 11.9. The van der Waals surface area contributed by atoms with Crippen molar-refractivity contribution < 1.29 is 13.2 Å². The number of aromatic nitrogens is 2. The van der Waals surface area contributed by atoms with Gasteiger partial charge < -0.3 is 0 Å². The van der Waals surface area contributed by atoms with Gasteiger partial charge in [-0.15, -0.1) is 0 Å². The van der Waals surface area contributed by atoms with Crippen molar-refractivity contribution in [2.75, 3.05) is 0 Å². The highest BCUT2D eigenvalue weighted by atomic mass is 35.5. The summed E-state index contributed by atoms with van der Waals surface area (Å²) in [7, 11) is 0. The smallest absolute Gasteiger partial charge is 0.218 e. The minimum Gasteiger partial charge on any atom is -0.218 e. The van der Waals surface area contributed by atoms with Crippen molar-refractivity contribution in [3.63, 3.8) is 0 Å². The average molecular weight is 301 g/mol. The van der Waals surface area contributed by atoms with Crippen LogP contribution in [0.5, 0.6) is 0 Å². The summed E-state index contributed by atoms with van der Waals surface area (Å²) in [5.74, 6) is 0. The van der Waals surface area contributed by atoms with E-state index in [1.165, 1.54) is 0 Å². The van der Waals surface area contributed by atoms with Crippen LogP contribution in [0.3, 0.4) is 0 Å². The Morgan fingerprint density at radius 3 is 2.10 bits per heavy atom. The van der Waals surface area contributed by atoms with Gasteiger partial charge in [-0.3, -0.25) is 0 Å². The van der Waals surface area contributed by atoms with Gasteiger partial charge in [0.25, 0.3) is 0 Å². The van der Waals surface area contributed by atoms with Gasteiger partial charge in [-0.1, -0.05) is 6.07 Å². The maximum absolute atomic E-state index is 12.8. The van der Waals surface area contributed by atoms with Crippen LogP contribution in [0.15, 0.2) is 18.2 Å². The third kappa shape index (κ3) is 2.93. The normalized spacial score (nSPS) is 11.8. The Morgan fingerprint density at radius 2 is 1.50 bits per heavy atom. The van der Waals surface area contributed by atoms with Gasteiger partial charge in [0.15, 0.2) is 0 Å². The minimum atomic E-state index is -4.55. The molecule has 0 spiro atoms. The molecular formula is C14H12ClF3N2. The number of benzene rings is 1. The lowest BCUT2D eigenvalue weighted by Gasteiger charge is -2.12. The van der Waals surface area contributed by atoms with Gasteiger partial charge >= 0.3 is 6.18 Å². The van der Waals surface area contributed by atoms with E-state index >= 15 is 0 Å². The highest BCUT2D eigenvalue weighted by Crippen LogP contribution is 2.32. The summed E-state index contributed by atoms with van der Waals surface area (Å²) < 4.78 is 38.3. The van der Waals surface area contributed by atoms with Crippen LogP contribution in [0.2, 0.25) is 5.28 Å². The van der Waals surface area contributed by atoms with Crippen molar-refractivity contribution in [3.8, 4) is 11.3 Å². The summed E-state index contributed by atoms with van der Waals surface area (Å²) >= 11 is 5.61. The molecule has 0 aliphatic rings. The maximum Gasteiger partial charge on any atom is 0.433 e. The van der Waals surface area contributed by atoms with Gasteiger partial charge in [0, 0.05) is 5.56 Å². The molecule has 2 nitrogen and oxygen atoms in total. The molecule has 0 aliphatic carbocycles. The summed E-state index contributed by atoms with van der Waals surface area (Å²) in [4.78, 5) is 7.13. The van der Waals surface area contributed by atoms with Crippen LogP contribution in [0, 0.1) is 20.8 Å². The molecule has 0 saturated heterocycles. The van der Waals surface area contributed by atoms with E-state index in [9.17, 15) is 13.2 Å². The second kappa shape index (κ2) is 5.05. The first-order valence-corrected chi connectivity index (χ1v) is 6.26. The Labute approximate surface area is 119 Å². The number of hydrogen-bond donors (Lipinski definition) is 0. The fraction of sp³-hybridized carbons (Fsp3) is 0.286. The molecule has 1 aromatic carbocycles. The lowest BCUT2D eigenvalue weighted by Crippen LogP contribution is -2.09. The number of hydrogen-bond acceptors (Lipinski definition) is 2. The molecule has 0 N–H and O–H groups in total. The van der Waals surface area contributed by atoms with Crippen LogP contribution in [-0.2, 0) is 6.18 Å². The Hall–Kier alpha value is -1.62. The first-order valence-electron chi connectivity index (χ1n) is 5.88. The predicted octanol–water partition coefficient (Wildman–Crippen LogP) is 4.74. The average Bonchev–Trinajstić information content (AvgIpc) is 2.32. The minimum absolute atomic E-state index is 0.179. The molecule has 20 heavy (non-hydrogen) atoms. The van der Waals surface area contributed by atoms with Crippen molar-refractivity contribution >= 4 is 11.6 Å². The molecule has 2 rings (SSSR count). The SMILES string of the molecule is Cc1cc(C)c(-c2cc(C(F)(F)F)nc(Cl)n2)cc1C. The lowest BCUT2D eigenvalue weighted by molar-refractivity contribution is -0.141. The summed E-state index contributed by atoms with van der Waals surface area (Å²) in [5, 5.41) is -0.410. The zero-order valence-electron chi connectivity index (χ0n) is 11.1. The topological polar surface area (TPSA) is 25.8 Å². The van der Waals surface area contributed by atoms with Crippen LogP contribution in [0.25, 0.3) is 11.3 Å². The van der Waals surface area contributed by atoms with E-state index in [-0.39, 0.29) is 5.69 Å². The molecule has 0 atom stereocenters. The van der Waals surface area contributed by atoms with Crippen molar-refractivity contribution in [2.45, 2.75) is 26.9 Å². The predicted molar refractivity (Wildman–Crippen MR) is 71.7 cm³/mol. The Balaban J connectivity index is 2.64. The van der Waals surface area contributed by atoms with Crippen molar-refractivity contribution in [1.29, 1.82) is 0 Å². The van der Waals surface area contributed by atoms with Gasteiger partial charge in [-0.25, -0.2) is 9.97 Å². The number of aryl methyl sites for hydroxylation is 3. The summed E-state index contributed by atoms with van der Waals surface area (Å²) in [6, 6.07) is 4.64. The maximum atomic E-state index is 12.8. The molecule has 0 fully saturated rings. The Morgan fingerprint density at radius 1 is 0.900 bits per heavy atom. The van der Waals surface area contributed by atoms with Crippen molar-refractivity contribution in [3.05, 3.63) is 45.9 Å². The number of alkyl halides is 3. The summed E-state index contributed by atoms with van der Waals surface area (Å²) in [6.45, 7) is 5.66. The van der Waals surface area contributed by atoms with Crippen LogP contribution < -0.4 is 0 Å². The molecule has 1 aromatic heterocycles. The molecule has 0 saturated carbocycles. The van der Waals surface area contributed by atoms with E-state index in [1.807, 2.05) is 32.9 Å². The van der Waals surface area contributed by atoms with Crippen LogP contribution >= 0.6 is 11.6 Å². The molecule has 2 aromatic rings. The highest BCUT2D eigenvalue weighted by Gasteiger charge is 2.33. The number of nitrogens with zero attached hydrogens (tertiary/aromatic N) is 2. The summed E-state index contributed by atoms with van der Waals surface area (Å²) in [5.41, 5.74) is 2.67. The zero-order chi connectivity index (χ0) is 15.1. The Bertz CT molecular complexity index is 666. The van der Waals surface area contributed by atoms with E-state index in [2.05, 4.69) is 9.97 Å². The van der Waals surface area contributed by atoms with Crippen LogP contribution in [0.4, 0.5) is 13.2 Å². The molecular weight excluding hydrogens is 289 g/mol. The molecule has 0 aliphatic heterocycles. The third-order valence-corrected chi connectivity index (χ3v) is 3.27. The third-order valence-electron chi connectivity index (χ3n) is 3.11. The molecule has 6 heteroatoms. The summed E-state index contributed by atoms with van der Waals surface area (Å²) in [6.07, 6.45) is -4.55. The van der Waals surface area contributed by atoms with E-state index in [4.69, 9.17) is 11.6 Å². The lowest BCUT2D eigenvalue weighted by atomic mass is 9.98. The van der Waals surface area contributed by atoms with Gasteiger partial charge in [-0.05, 0) is 61.2 Å². The van der Waals surface area contributed by atoms with Gasteiger partial charge in [0.1, 0.15) is 5.69 Å². The number of halogens is 4. The second-order valence-electron chi connectivity index (χ2n) is 4.66. The van der Waals surface area contributed by atoms with E-state index in [1.54, 1.807) is 0 Å². The van der Waals surface area contributed by atoms with E-state index in [0.717, 1.165) is 22.8 Å². The fourth-order valence-electron chi connectivity index (χ4n) is 1.94. The monoisotopic (exact) mass is 300 g/mol. The van der Waals surface area contributed by atoms with E-state index < -0.39 is 17.2 Å². The largest absolute Gasteiger partial charge is 0.433 e. The second-order valence-corrected chi connectivity index (χ2v) is 4.99. The molecule has 0 bridgehead atoms. The molecule has 106 valence electrons. The van der Waals surface area contributed by atoms with Crippen molar-refractivity contribution in [1.82, 2.24) is 9.97 Å².